The van der Waals surface area contributed by atoms with Gasteiger partial charge < -0.3 is 14.0 Å². The minimum absolute atomic E-state index is 0.0445. The van der Waals surface area contributed by atoms with Gasteiger partial charge in [-0.1, -0.05) is 17.7 Å². The van der Waals surface area contributed by atoms with E-state index in [1.54, 1.807) is 18.2 Å². The van der Waals surface area contributed by atoms with Gasteiger partial charge in [0.2, 0.25) is 0 Å². The van der Waals surface area contributed by atoms with Crippen LogP contribution in [0.2, 0.25) is 0 Å². The quantitative estimate of drug-likeness (QED) is 0.547. The van der Waals surface area contributed by atoms with Crippen LogP contribution in [-0.4, -0.2) is 33.1 Å². The number of carbonyl (C=O) groups excluding carboxylic acids is 1. The molecule has 9 heteroatoms. The molecule has 2 aromatic carbocycles. The molecule has 0 radical (unpaired) electrons. The van der Waals surface area contributed by atoms with E-state index in [2.05, 4.69) is 10.3 Å². The zero-order valence-electron chi connectivity index (χ0n) is 18.0. The first-order chi connectivity index (χ1) is 14.7. The third-order valence-corrected chi connectivity index (χ3v) is 6.15. The number of carbonyl (C=O) groups is 1. The summed E-state index contributed by atoms with van der Waals surface area (Å²) in [7, 11) is -0.966. The number of hydrogen-bond donors (Lipinski definition) is 2. The maximum atomic E-state index is 13.0. The Morgan fingerprint density at radius 1 is 0.871 bits per heavy atom. The highest BCUT2D eigenvalue weighted by Gasteiger charge is 2.22. The molecule has 8 nitrogen and oxygen atoms in total. The van der Waals surface area contributed by atoms with Gasteiger partial charge in [0.05, 0.1) is 30.4 Å². The van der Waals surface area contributed by atoms with E-state index in [0.29, 0.717) is 17.2 Å². The van der Waals surface area contributed by atoms with Crippen molar-refractivity contribution in [1.29, 1.82) is 0 Å². The zero-order valence-corrected chi connectivity index (χ0v) is 18.8. The maximum Gasteiger partial charge on any atom is 0.268 e. The van der Waals surface area contributed by atoms with Crippen LogP contribution in [0, 0.1) is 20.8 Å². The predicted molar refractivity (Wildman–Crippen MR) is 117 cm³/mol. The van der Waals surface area contributed by atoms with Crippen molar-refractivity contribution in [2.75, 3.05) is 14.2 Å². The van der Waals surface area contributed by atoms with E-state index in [-0.39, 0.29) is 10.5 Å². The molecule has 0 saturated heterocycles. The number of hydrazine groups is 1. The number of methoxy groups -OCH3 is 2. The number of aromatic nitrogens is 1. The molecule has 0 spiro atoms. The summed E-state index contributed by atoms with van der Waals surface area (Å²) in [6.45, 7) is 5.67. The number of nitrogens with zero attached hydrogens (tertiary/aromatic N) is 1. The van der Waals surface area contributed by atoms with Crippen molar-refractivity contribution in [3.05, 3.63) is 71.0 Å². The van der Waals surface area contributed by atoms with E-state index in [1.807, 2.05) is 37.5 Å². The fourth-order valence-corrected chi connectivity index (χ4v) is 4.08. The molecule has 0 aliphatic carbocycles. The number of ether oxygens (including phenoxy) is 2. The molecule has 1 heterocycles. The van der Waals surface area contributed by atoms with Crippen molar-refractivity contribution >= 4 is 15.9 Å². The maximum absolute atomic E-state index is 13.0. The molecular weight excluding hydrogens is 418 g/mol. The van der Waals surface area contributed by atoms with Gasteiger partial charge in [-0.05, 0) is 51.1 Å². The normalized spacial score (nSPS) is 11.3. The molecular formula is C22H25N3O5S. The van der Waals surface area contributed by atoms with Crippen LogP contribution in [0.15, 0.2) is 53.4 Å². The third kappa shape index (κ3) is 4.57. The molecule has 0 unspecified atom stereocenters. The number of sulfonamides is 1. The van der Waals surface area contributed by atoms with Gasteiger partial charge in [0.15, 0.2) is 11.5 Å². The lowest BCUT2D eigenvalue weighted by Gasteiger charge is -2.18. The van der Waals surface area contributed by atoms with E-state index in [1.165, 1.54) is 32.4 Å². The summed E-state index contributed by atoms with van der Waals surface area (Å²) in [6.07, 6.45) is 0. The summed E-state index contributed by atoms with van der Waals surface area (Å²) in [5.74, 6) is 0.154. The molecule has 0 bridgehead atoms. The van der Waals surface area contributed by atoms with Gasteiger partial charge in [-0.3, -0.25) is 10.2 Å². The van der Waals surface area contributed by atoms with E-state index >= 15 is 0 Å². The van der Waals surface area contributed by atoms with E-state index in [4.69, 9.17) is 9.47 Å². The fourth-order valence-electron chi connectivity index (χ4n) is 3.24. The summed E-state index contributed by atoms with van der Waals surface area (Å²) in [5.41, 5.74) is 5.77. The molecule has 0 saturated carbocycles. The number of rotatable bonds is 7. The SMILES string of the molecule is COc1cc(C(=O)NNS(=O)(=O)c2ccc(C)cc2)c(-n2c(C)ccc2C)cc1OC. The molecule has 0 atom stereocenters. The van der Waals surface area contributed by atoms with E-state index in [9.17, 15) is 13.2 Å². The lowest BCUT2D eigenvalue weighted by Crippen LogP contribution is -2.41. The molecule has 3 rings (SSSR count). The van der Waals surface area contributed by atoms with Crippen LogP contribution in [-0.2, 0) is 10.0 Å². The zero-order chi connectivity index (χ0) is 22.8. The topological polar surface area (TPSA) is 98.7 Å². The minimum atomic E-state index is -3.94. The Morgan fingerprint density at radius 3 is 1.97 bits per heavy atom. The van der Waals surface area contributed by atoms with Gasteiger partial charge >= 0.3 is 0 Å². The Hall–Kier alpha value is -3.30. The standard InChI is InChI=1S/C22H25N3O5S/c1-14-6-10-17(11-7-14)31(27,28)24-23-22(26)18-12-20(29-4)21(30-5)13-19(18)25-15(2)8-9-16(25)3/h6-13,24H,1-5H3,(H,23,26). The number of aryl methyl sites for hydroxylation is 3. The van der Waals surface area contributed by atoms with Crippen molar-refractivity contribution in [3.8, 4) is 17.2 Å². The molecule has 1 amide bonds. The second-order valence-electron chi connectivity index (χ2n) is 7.05. The van der Waals surface area contributed by atoms with Crippen molar-refractivity contribution < 1.29 is 22.7 Å². The Morgan fingerprint density at radius 2 is 1.42 bits per heavy atom. The largest absolute Gasteiger partial charge is 0.493 e. The molecule has 1 aromatic heterocycles. The van der Waals surface area contributed by atoms with Crippen LogP contribution in [0.1, 0.15) is 27.3 Å². The average Bonchev–Trinajstić information content (AvgIpc) is 3.09. The molecule has 3 aromatic rings. The highest BCUT2D eigenvalue weighted by Crippen LogP contribution is 2.33. The minimum Gasteiger partial charge on any atom is -0.493 e. The summed E-state index contributed by atoms with van der Waals surface area (Å²) < 4.78 is 37.7. The van der Waals surface area contributed by atoms with Crippen LogP contribution in [0.3, 0.4) is 0 Å². The number of nitrogens with one attached hydrogen (secondary N) is 2. The van der Waals surface area contributed by atoms with Crippen LogP contribution >= 0.6 is 0 Å². The van der Waals surface area contributed by atoms with Crippen molar-refractivity contribution in [2.45, 2.75) is 25.7 Å². The highest BCUT2D eigenvalue weighted by molar-refractivity contribution is 7.89. The molecule has 0 aliphatic rings. The van der Waals surface area contributed by atoms with Crippen LogP contribution in [0.4, 0.5) is 0 Å². The Balaban J connectivity index is 1.99. The first kappa shape index (κ1) is 22.4. The average molecular weight is 444 g/mol. The van der Waals surface area contributed by atoms with Gasteiger partial charge in [-0.2, -0.15) is 0 Å². The number of amides is 1. The van der Waals surface area contributed by atoms with Gasteiger partial charge in [-0.15, -0.1) is 4.83 Å². The molecule has 164 valence electrons. The van der Waals surface area contributed by atoms with E-state index < -0.39 is 15.9 Å². The Bertz CT molecular complexity index is 1200. The molecule has 2 N–H and O–H groups in total. The summed E-state index contributed by atoms with van der Waals surface area (Å²) in [5, 5.41) is 0. The second kappa shape index (κ2) is 8.83. The first-order valence-electron chi connectivity index (χ1n) is 9.48. The number of benzene rings is 2. The molecule has 0 aliphatic heterocycles. The van der Waals surface area contributed by atoms with Gasteiger partial charge in [-0.25, -0.2) is 8.42 Å². The van der Waals surface area contributed by atoms with Gasteiger partial charge in [0.25, 0.3) is 15.9 Å². The highest BCUT2D eigenvalue weighted by atomic mass is 32.2. The number of hydrogen-bond acceptors (Lipinski definition) is 5. The van der Waals surface area contributed by atoms with Crippen LogP contribution in [0.25, 0.3) is 5.69 Å². The Kier molecular flexibility index (Phi) is 6.37. The third-order valence-electron chi connectivity index (χ3n) is 4.89. The summed E-state index contributed by atoms with van der Waals surface area (Å²) in [4.78, 5) is 15.2. The lowest BCUT2D eigenvalue weighted by molar-refractivity contribution is 0.0944. The van der Waals surface area contributed by atoms with Crippen molar-refractivity contribution in [3.63, 3.8) is 0 Å². The summed E-state index contributed by atoms with van der Waals surface area (Å²) >= 11 is 0. The van der Waals surface area contributed by atoms with Gasteiger partial charge in [0.1, 0.15) is 0 Å². The van der Waals surface area contributed by atoms with Crippen molar-refractivity contribution in [1.82, 2.24) is 14.8 Å². The van der Waals surface area contributed by atoms with Crippen molar-refractivity contribution in [2.24, 2.45) is 0 Å². The first-order valence-corrected chi connectivity index (χ1v) is 11.0. The molecule has 31 heavy (non-hydrogen) atoms. The fraction of sp³-hybridized carbons (Fsp3) is 0.227. The second-order valence-corrected chi connectivity index (χ2v) is 8.73. The smallest absolute Gasteiger partial charge is 0.268 e. The van der Waals surface area contributed by atoms with Crippen LogP contribution in [0.5, 0.6) is 11.5 Å². The monoisotopic (exact) mass is 443 g/mol. The Labute approximate surface area is 181 Å². The van der Waals surface area contributed by atoms with E-state index in [0.717, 1.165) is 17.0 Å². The predicted octanol–water partition coefficient (Wildman–Crippen LogP) is 3.04. The summed E-state index contributed by atoms with van der Waals surface area (Å²) in [6, 6.07) is 13.4. The van der Waals surface area contributed by atoms with Gasteiger partial charge in [0, 0.05) is 17.5 Å². The van der Waals surface area contributed by atoms with Crippen LogP contribution < -0.4 is 19.7 Å². The lowest BCUT2D eigenvalue weighted by atomic mass is 10.1. The molecule has 0 fully saturated rings.